The Morgan fingerprint density at radius 3 is 1.34 bits per heavy atom. The SMILES string of the molecule is c1cc(-c2nc(-n3c4ccccc4c4ccccc43)nc(-n3c4ccccc4c4ccccc43)n2)c2c(c1)oc1c2cc2c3ccccc3n3c4ccccc4c1c23. The second-order valence-corrected chi connectivity index (χ2v) is 15.2. The van der Waals surface area contributed by atoms with Crippen molar-refractivity contribution in [2.45, 2.75) is 0 Å². The molecular weight excluding hydrogens is 713 g/mol. The molecule has 0 saturated carbocycles. The summed E-state index contributed by atoms with van der Waals surface area (Å²) in [5.74, 6) is 1.65. The van der Waals surface area contributed by atoms with Gasteiger partial charge in [-0.05, 0) is 48.5 Å². The van der Waals surface area contributed by atoms with Crippen molar-refractivity contribution in [2.24, 2.45) is 0 Å². The molecule has 268 valence electrons. The van der Waals surface area contributed by atoms with Crippen LogP contribution in [-0.4, -0.2) is 28.5 Å². The highest BCUT2D eigenvalue weighted by Crippen LogP contribution is 2.47. The van der Waals surface area contributed by atoms with Gasteiger partial charge < -0.3 is 8.82 Å². The minimum atomic E-state index is 0.544. The molecule has 0 atom stereocenters. The van der Waals surface area contributed by atoms with E-state index in [2.05, 4.69) is 177 Å². The van der Waals surface area contributed by atoms with Crippen molar-refractivity contribution in [1.29, 1.82) is 0 Å². The summed E-state index contributed by atoms with van der Waals surface area (Å²) in [7, 11) is 0. The van der Waals surface area contributed by atoms with Gasteiger partial charge in [-0.25, -0.2) is 0 Å². The molecule has 7 heteroatoms. The molecule has 7 nitrogen and oxygen atoms in total. The lowest BCUT2D eigenvalue weighted by Crippen LogP contribution is -2.10. The van der Waals surface area contributed by atoms with Crippen LogP contribution in [0.15, 0.2) is 174 Å². The Labute approximate surface area is 328 Å². The smallest absolute Gasteiger partial charge is 0.240 e. The summed E-state index contributed by atoms with van der Waals surface area (Å²) < 4.78 is 13.7. The van der Waals surface area contributed by atoms with E-state index in [0.29, 0.717) is 17.7 Å². The molecule has 14 aromatic rings. The Hall–Kier alpha value is -8.03. The van der Waals surface area contributed by atoms with Gasteiger partial charge in [0.25, 0.3) is 0 Å². The second-order valence-electron chi connectivity index (χ2n) is 15.2. The molecule has 0 aliphatic rings. The topological polar surface area (TPSA) is 66.1 Å². The van der Waals surface area contributed by atoms with Crippen LogP contribution >= 0.6 is 0 Å². The molecule has 0 fully saturated rings. The third-order valence-electron chi connectivity index (χ3n) is 12.2. The third kappa shape index (κ3) is 3.75. The zero-order chi connectivity index (χ0) is 37.6. The number of nitrogens with zero attached hydrogens (tertiary/aromatic N) is 6. The van der Waals surface area contributed by atoms with Crippen LogP contribution in [0.25, 0.3) is 127 Å². The van der Waals surface area contributed by atoms with Gasteiger partial charge in [-0.1, -0.05) is 121 Å². The molecule has 0 aliphatic carbocycles. The summed E-state index contributed by atoms with van der Waals surface area (Å²) in [6.07, 6.45) is 0. The van der Waals surface area contributed by atoms with Gasteiger partial charge in [0.1, 0.15) is 11.2 Å². The maximum atomic E-state index is 6.97. The van der Waals surface area contributed by atoms with E-state index in [1.54, 1.807) is 0 Å². The first-order chi connectivity index (χ1) is 28.8. The number of benzene rings is 8. The lowest BCUT2D eigenvalue weighted by atomic mass is 10.0. The van der Waals surface area contributed by atoms with E-state index in [1.807, 2.05) is 6.07 Å². The Bertz CT molecular complexity index is 3810. The Balaban J connectivity index is 1.14. The Morgan fingerprint density at radius 1 is 0.362 bits per heavy atom. The molecule has 0 saturated heterocycles. The van der Waals surface area contributed by atoms with Crippen LogP contribution in [0.5, 0.6) is 0 Å². The average Bonchev–Trinajstić information content (AvgIpc) is 4.08. The molecule has 0 N–H and O–H groups in total. The van der Waals surface area contributed by atoms with Crippen molar-refractivity contribution >= 4 is 104 Å². The van der Waals surface area contributed by atoms with Crippen molar-refractivity contribution in [2.75, 3.05) is 0 Å². The molecular formula is C51H28N6O. The number of aromatic nitrogens is 6. The summed E-state index contributed by atoms with van der Waals surface area (Å²) in [6, 6.07) is 59.8. The summed E-state index contributed by atoms with van der Waals surface area (Å²) >= 11 is 0. The van der Waals surface area contributed by atoms with Crippen molar-refractivity contribution in [1.82, 2.24) is 28.5 Å². The van der Waals surface area contributed by atoms with Crippen LogP contribution in [0.2, 0.25) is 0 Å². The van der Waals surface area contributed by atoms with E-state index >= 15 is 0 Å². The fourth-order valence-electron chi connectivity index (χ4n) is 9.92. The summed E-state index contributed by atoms with van der Waals surface area (Å²) in [5, 5.41) is 11.3. The van der Waals surface area contributed by atoms with Gasteiger partial charge in [-0.3, -0.25) is 9.13 Å². The fourth-order valence-corrected chi connectivity index (χ4v) is 9.92. The van der Waals surface area contributed by atoms with E-state index in [9.17, 15) is 0 Å². The lowest BCUT2D eigenvalue weighted by molar-refractivity contribution is 0.673. The number of hydrogen-bond donors (Lipinski definition) is 0. The molecule has 8 aromatic carbocycles. The Morgan fingerprint density at radius 2 is 0.810 bits per heavy atom. The van der Waals surface area contributed by atoms with E-state index < -0.39 is 0 Å². The van der Waals surface area contributed by atoms with Crippen molar-refractivity contribution in [3.63, 3.8) is 0 Å². The van der Waals surface area contributed by atoms with Gasteiger partial charge in [0.15, 0.2) is 5.82 Å². The standard InChI is InChI=1S/C51H28N6O/c1-8-22-39-29(14-1)30-15-2-9-23-40(30)56(39)50-52-49(53-51(54-50)57-41-24-10-3-16-31(41)32-17-4-11-25-42(32)57)35-20-13-27-44-45(35)37-28-36-33-18-5-7-21-38(33)55-43-26-12-6-19-34(43)46(47(36)55)48(37)58-44/h1-28H. The van der Waals surface area contributed by atoms with E-state index in [4.69, 9.17) is 19.4 Å². The molecule has 0 bridgehead atoms. The zero-order valence-electron chi connectivity index (χ0n) is 30.8. The second kappa shape index (κ2) is 10.8. The molecule has 0 spiro atoms. The van der Waals surface area contributed by atoms with Crippen molar-refractivity contribution in [3.8, 4) is 23.3 Å². The normalized spacial score (nSPS) is 12.5. The zero-order valence-corrected chi connectivity index (χ0v) is 30.8. The average molecular weight is 741 g/mol. The number of hydrogen-bond acceptors (Lipinski definition) is 4. The van der Waals surface area contributed by atoms with Crippen LogP contribution in [0, 0.1) is 0 Å². The van der Waals surface area contributed by atoms with Crippen molar-refractivity contribution in [3.05, 3.63) is 170 Å². The first-order valence-corrected chi connectivity index (χ1v) is 19.5. The maximum Gasteiger partial charge on any atom is 0.240 e. The van der Waals surface area contributed by atoms with Gasteiger partial charge >= 0.3 is 0 Å². The minimum absolute atomic E-state index is 0.544. The maximum absolute atomic E-state index is 6.97. The fraction of sp³-hybridized carbons (Fsp3) is 0. The van der Waals surface area contributed by atoms with E-state index in [0.717, 1.165) is 76.5 Å². The third-order valence-corrected chi connectivity index (χ3v) is 12.2. The molecule has 0 unspecified atom stereocenters. The number of rotatable bonds is 3. The summed E-state index contributed by atoms with van der Waals surface area (Å²) in [4.78, 5) is 16.2. The predicted molar refractivity (Wildman–Crippen MR) is 236 cm³/mol. The van der Waals surface area contributed by atoms with Crippen LogP contribution in [-0.2, 0) is 0 Å². The molecule has 14 rings (SSSR count). The van der Waals surface area contributed by atoms with Gasteiger partial charge in [0, 0.05) is 54.0 Å². The number of para-hydroxylation sites is 6. The molecule has 0 amide bonds. The molecule has 0 radical (unpaired) electrons. The highest BCUT2D eigenvalue weighted by atomic mass is 16.3. The predicted octanol–water partition coefficient (Wildman–Crippen LogP) is 12.8. The largest absolute Gasteiger partial charge is 0.455 e. The molecule has 6 aromatic heterocycles. The van der Waals surface area contributed by atoms with Crippen LogP contribution < -0.4 is 0 Å². The quantitative estimate of drug-likeness (QED) is 0.181. The van der Waals surface area contributed by atoms with Crippen LogP contribution in [0.1, 0.15) is 0 Å². The number of furan rings is 1. The highest BCUT2D eigenvalue weighted by molar-refractivity contribution is 6.33. The van der Waals surface area contributed by atoms with E-state index in [1.165, 1.54) is 32.7 Å². The van der Waals surface area contributed by atoms with Gasteiger partial charge in [0.2, 0.25) is 11.9 Å². The van der Waals surface area contributed by atoms with Crippen molar-refractivity contribution < 1.29 is 4.42 Å². The van der Waals surface area contributed by atoms with Gasteiger partial charge in [0.05, 0.1) is 44.0 Å². The highest BCUT2D eigenvalue weighted by Gasteiger charge is 2.26. The lowest BCUT2D eigenvalue weighted by Gasteiger charge is -2.13. The molecule has 58 heavy (non-hydrogen) atoms. The minimum Gasteiger partial charge on any atom is -0.455 e. The Kier molecular flexibility index (Phi) is 5.65. The van der Waals surface area contributed by atoms with Gasteiger partial charge in [-0.15, -0.1) is 0 Å². The van der Waals surface area contributed by atoms with E-state index in [-0.39, 0.29) is 0 Å². The first-order valence-electron chi connectivity index (χ1n) is 19.5. The summed E-state index contributed by atoms with van der Waals surface area (Å²) in [5.41, 5.74) is 10.2. The van der Waals surface area contributed by atoms with Crippen LogP contribution in [0.4, 0.5) is 0 Å². The van der Waals surface area contributed by atoms with Gasteiger partial charge in [-0.2, -0.15) is 15.0 Å². The molecule has 6 heterocycles. The number of fused-ring (bicyclic) bond motifs is 16. The first kappa shape index (κ1) is 30.2. The monoisotopic (exact) mass is 740 g/mol. The summed E-state index contributed by atoms with van der Waals surface area (Å²) in [6.45, 7) is 0. The molecule has 0 aliphatic heterocycles. The van der Waals surface area contributed by atoms with Crippen LogP contribution in [0.3, 0.4) is 0 Å².